The predicted octanol–water partition coefficient (Wildman–Crippen LogP) is 0.460. The highest BCUT2D eigenvalue weighted by molar-refractivity contribution is 5.94. The van der Waals surface area contributed by atoms with Crippen molar-refractivity contribution in [1.29, 1.82) is 0 Å². The molecule has 7 nitrogen and oxygen atoms in total. The number of amides is 1. The van der Waals surface area contributed by atoms with Crippen LogP contribution < -0.4 is 0 Å². The number of rotatable bonds is 4. The summed E-state index contributed by atoms with van der Waals surface area (Å²) in [4.78, 5) is 16.4. The van der Waals surface area contributed by atoms with E-state index in [1.807, 2.05) is 6.92 Å². The first kappa shape index (κ1) is 17.4. The molecule has 0 aliphatic carbocycles. The number of morpholine rings is 1. The van der Waals surface area contributed by atoms with Crippen molar-refractivity contribution in [2.75, 3.05) is 39.4 Å². The molecule has 2 aliphatic heterocycles. The molecule has 3 heterocycles. The Hall–Kier alpha value is -1.41. The van der Waals surface area contributed by atoms with Crippen LogP contribution in [0.4, 0.5) is 0 Å². The van der Waals surface area contributed by atoms with Crippen LogP contribution in [0.1, 0.15) is 35.9 Å². The molecule has 2 saturated heterocycles. The molecule has 0 aromatic carbocycles. The Labute approximate surface area is 141 Å². The van der Waals surface area contributed by atoms with E-state index in [0.29, 0.717) is 31.5 Å². The Morgan fingerprint density at radius 1 is 1.38 bits per heavy atom. The predicted molar refractivity (Wildman–Crippen MR) is 86.6 cm³/mol. The summed E-state index contributed by atoms with van der Waals surface area (Å²) in [5.74, 6) is 0.590. The molecule has 3 rings (SSSR count). The maximum Gasteiger partial charge on any atom is 0.257 e. The molecule has 2 atom stereocenters. The molecule has 0 bridgehead atoms. The smallest absolute Gasteiger partial charge is 0.257 e. The topological polar surface area (TPSA) is 86.4 Å². The fourth-order valence-electron chi connectivity index (χ4n) is 3.30. The summed E-state index contributed by atoms with van der Waals surface area (Å²) < 4.78 is 10.8. The van der Waals surface area contributed by atoms with Gasteiger partial charge in [-0.2, -0.15) is 0 Å². The number of carbonyl (C=O) groups excluding carboxylic acids is 1. The molecule has 2 aliphatic rings. The van der Waals surface area contributed by atoms with Crippen LogP contribution in [0.5, 0.6) is 0 Å². The van der Waals surface area contributed by atoms with Gasteiger partial charge in [-0.3, -0.25) is 9.69 Å². The Morgan fingerprint density at radius 3 is 2.79 bits per heavy atom. The maximum atomic E-state index is 12.6. The molecule has 2 fully saturated rings. The van der Waals surface area contributed by atoms with Crippen LogP contribution in [0.25, 0.3) is 0 Å². The van der Waals surface area contributed by atoms with Crippen molar-refractivity contribution < 1.29 is 24.2 Å². The van der Waals surface area contributed by atoms with Gasteiger partial charge < -0.3 is 24.3 Å². The molecular formula is C17H26N2O5. The van der Waals surface area contributed by atoms with E-state index in [1.54, 1.807) is 11.0 Å². The number of hydrogen-bond acceptors (Lipinski definition) is 6. The van der Waals surface area contributed by atoms with Crippen LogP contribution in [0, 0.1) is 0 Å². The van der Waals surface area contributed by atoms with E-state index in [2.05, 4.69) is 4.90 Å². The second kappa shape index (κ2) is 7.23. The van der Waals surface area contributed by atoms with Gasteiger partial charge in [0.05, 0.1) is 30.9 Å². The maximum absolute atomic E-state index is 12.6. The first-order valence-electron chi connectivity index (χ1n) is 8.59. The number of aliphatic hydroxyl groups is 2. The second-order valence-corrected chi connectivity index (χ2v) is 6.66. The summed E-state index contributed by atoms with van der Waals surface area (Å²) >= 11 is 0. The number of hydrogen-bond donors (Lipinski definition) is 2. The van der Waals surface area contributed by atoms with Crippen molar-refractivity contribution in [2.45, 2.75) is 38.0 Å². The largest absolute Gasteiger partial charge is 0.467 e. The summed E-state index contributed by atoms with van der Waals surface area (Å²) in [6, 6.07) is 1.77. The molecule has 24 heavy (non-hydrogen) atoms. The number of carbonyl (C=O) groups is 1. The fraction of sp³-hybridized carbons (Fsp3) is 0.706. The Kier molecular flexibility index (Phi) is 5.24. The van der Waals surface area contributed by atoms with E-state index >= 15 is 0 Å². The van der Waals surface area contributed by atoms with Crippen LogP contribution in [0.15, 0.2) is 16.7 Å². The van der Waals surface area contributed by atoms with E-state index in [0.717, 1.165) is 32.1 Å². The third kappa shape index (κ3) is 3.64. The van der Waals surface area contributed by atoms with Crippen molar-refractivity contribution in [3.05, 3.63) is 23.7 Å². The Morgan fingerprint density at radius 2 is 2.12 bits per heavy atom. The molecule has 1 amide bonds. The summed E-state index contributed by atoms with van der Waals surface area (Å²) in [7, 11) is 0. The monoisotopic (exact) mass is 338 g/mol. The van der Waals surface area contributed by atoms with Gasteiger partial charge in [0.15, 0.2) is 0 Å². The van der Waals surface area contributed by atoms with Crippen LogP contribution in [-0.4, -0.2) is 77.0 Å². The van der Waals surface area contributed by atoms with E-state index < -0.39 is 11.7 Å². The molecule has 2 N–H and O–H groups in total. The third-order valence-electron chi connectivity index (χ3n) is 5.11. The van der Waals surface area contributed by atoms with Crippen LogP contribution in [0.2, 0.25) is 0 Å². The van der Waals surface area contributed by atoms with Crippen molar-refractivity contribution >= 4 is 5.91 Å². The minimum Gasteiger partial charge on any atom is -0.467 e. The molecule has 7 heteroatoms. The van der Waals surface area contributed by atoms with E-state index in [9.17, 15) is 15.0 Å². The van der Waals surface area contributed by atoms with Crippen LogP contribution in [0.3, 0.4) is 0 Å². The molecular weight excluding hydrogens is 312 g/mol. The summed E-state index contributed by atoms with van der Waals surface area (Å²) in [5, 5.41) is 20.4. The lowest BCUT2D eigenvalue weighted by Crippen LogP contribution is -2.56. The molecule has 134 valence electrons. The second-order valence-electron chi connectivity index (χ2n) is 6.66. The van der Waals surface area contributed by atoms with Gasteiger partial charge in [-0.15, -0.1) is 0 Å². The van der Waals surface area contributed by atoms with Crippen molar-refractivity contribution in [3.8, 4) is 0 Å². The zero-order valence-electron chi connectivity index (χ0n) is 14.1. The molecule has 0 spiro atoms. The van der Waals surface area contributed by atoms with Crippen LogP contribution >= 0.6 is 0 Å². The zero-order valence-corrected chi connectivity index (χ0v) is 14.1. The van der Waals surface area contributed by atoms with E-state index in [-0.39, 0.29) is 12.5 Å². The summed E-state index contributed by atoms with van der Waals surface area (Å²) in [5.41, 5.74) is -0.596. The molecule has 0 radical (unpaired) electrons. The summed E-state index contributed by atoms with van der Waals surface area (Å²) in [6.07, 6.45) is 1.42. The lowest BCUT2D eigenvalue weighted by Gasteiger charge is -2.41. The number of aliphatic hydroxyl groups excluding tert-OH is 1. The average molecular weight is 338 g/mol. The lowest BCUT2D eigenvalue weighted by atomic mass is 9.86. The number of ether oxygens (including phenoxy) is 1. The normalized spacial score (nSPS) is 29.0. The van der Waals surface area contributed by atoms with Crippen molar-refractivity contribution in [1.82, 2.24) is 9.80 Å². The molecule has 1 aromatic rings. The van der Waals surface area contributed by atoms with Crippen LogP contribution in [-0.2, 0) is 11.3 Å². The number of furan rings is 1. The van der Waals surface area contributed by atoms with Crippen molar-refractivity contribution in [3.63, 3.8) is 0 Å². The van der Waals surface area contributed by atoms with Gasteiger partial charge in [0.2, 0.25) is 0 Å². The van der Waals surface area contributed by atoms with E-state index in [4.69, 9.17) is 9.15 Å². The van der Waals surface area contributed by atoms with Gasteiger partial charge in [-0.1, -0.05) is 6.92 Å². The SMILES string of the molecule is CC[C@@]1(O)CCN(C(=O)c2coc(CN3CCOCC3)c2)C[C@H]1O. The average Bonchev–Trinajstić information content (AvgIpc) is 3.06. The highest BCUT2D eigenvalue weighted by Crippen LogP contribution is 2.27. The number of piperidine rings is 1. The zero-order chi connectivity index (χ0) is 17.2. The standard InChI is InChI=1S/C17H26N2O5/c1-2-17(22)3-4-19(11-15(17)20)16(21)13-9-14(24-12-13)10-18-5-7-23-8-6-18/h9,12,15,20,22H,2-8,10-11H2,1H3/t15-,17-/m1/s1. The van der Waals surface area contributed by atoms with Gasteiger partial charge in [0, 0.05) is 26.2 Å². The first-order valence-corrected chi connectivity index (χ1v) is 8.59. The summed E-state index contributed by atoms with van der Waals surface area (Å²) in [6.45, 7) is 6.24. The highest BCUT2D eigenvalue weighted by Gasteiger charge is 2.40. The quantitative estimate of drug-likeness (QED) is 0.829. The minimum absolute atomic E-state index is 0.146. The number of nitrogens with zero attached hydrogens (tertiary/aromatic N) is 2. The third-order valence-corrected chi connectivity index (χ3v) is 5.11. The first-order chi connectivity index (χ1) is 11.5. The van der Waals surface area contributed by atoms with Gasteiger partial charge in [-0.05, 0) is 18.9 Å². The van der Waals surface area contributed by atoms with Gasteiger partial charge >= 0.3 is 0 Å². The Balaban J connectivity index is 1.59. The highest BCUT2D eigenvalue weighted by atomic mass is 16.5. The van der Waals surface area contributed by atoms with Crippen molar-refractivity contribution in [2.24, 2.45) is 0 Å². The molecule has 0 unspecified atom stereocenters. The van der Waals surface area contributed by atoms with Gasteiger partial charge in [0.1, 0.15) is 18.1 Å². The fourth-order valence-corrected chi connectivity index (χ4v) is 3.30. The van der Waals surface area contributed by atoms with Gasteiger partial charge in [-0.25, -0.2) is 0 Å². The lowest BCUT2D eigenvalue weighted by molar-refractivity contribution is -0.114. The molecule has 0 saturated carbocycles. The molecule has 1 aromatic heterocycles. The van der Waals surface area contributed by atoms with E-state index in [1.165, 1.54) is 6.26 Å². The number of β-amino-alcohol motifs (C(OH)–C–C–N with tert-alkyl or cyclic N) is 1. The minimum atomic E-state index is -1.09. The Bertz CT molecular complexity index is 569. The van der Waals surface area contributed by atoms with Gasteiger partial charge in [0.25, 0.3) is 5.91 Å². The number of likely N-dealkylation sites (tertiary alicyclic amines) is 1.